The third-order valence-corrected chi connectivity index (χ3v) is 10.1. The molecule has 0 unspecified atom stereocenters. The van der Waals surface area contributed by atoms with E-state index in [0.29, 0.717) is 34.0 Å². The molecular formula is C48H38N4O4. The molecule has 8 aromatic rings. The van der Waals surface area contributed by atoms with Crippen LogP contribution in [0.5, 0.6) is 11.5 Å². The SMILES string of the molecule is COc1cc(-c2ccc(NC(=O)c3c(C)c(-c4ccccc4)nc4ccccc34)c(OC)c2)ccc1NC(=O)c1c(C)c(-c2ccccc2)nc2ccccc12. The summed E-state index contributed by atoms with van der Waals surface area (Å²) in [5.41, 5.74) is 10.2. The maximum atomic E-state index is 14.1. The number of rotatable bonds is 9. The fraction of sp³-hybridized carbons (Fsp3) is 0.0833. The van der Waals surface area contributed by atoms with Gasteiger partial charge in [0.15, 0.2) is 0 Å². The number of pyridine rings is 2. The molecule has 6 aromatic carbocycles. The molecule has 2 aromatic heterocycles. The first-order chi connectivity index (χ1) is 27.3. The van der Waals surface area contributed by atoms with Crippen LogP contribution in [-0.2, 0) is 0 Å². The van der Waals surface area contributed by atoms with Crippen LogP contribution in [-0.4, -0.2) is 36.0 Å². The summed E-state index contributed by atoms with van der Waals surface area (Å²) in [5.74, 6) is 0.444. The second-order valence-corrected chi connectivity index (χ2v) is 13.4. The van der Waals surface area contributed by atoms with Crippen molar-refractivity contribution in [2.75, 3.05) is 24.9 Å². The van der Waals surface area contributed by atoms with Crippen LogP contribution in [0, 0.1) is 13.8 Å². The molecule has 56 heavy (non-hydrogen) atoms. The zero-order valence-corrected chi connectivity index (χ0v) is 31.4. The molecule has 0 aliphatic heterocycles. The molecule has 0 saturated carbocycles. The minimum Gasteiger partial charge on any atom is -0.495 e. The Labute approximate surface area is 324 Å². The van der Waals surface area contributed by atoms with Gasteiger partial charge in [-0.2, -0.15) is 0 Å². The molecule has 8 heteroatoms. The Kier molecular flexibility index (Phi) is 9.69. The third-order valence-electron chi connectivity index (χ3n) is 10.1. The number of aromatic nitrogens is 2. The Morgan fingerprint density at radius 1 is 0.464 bits per heavy atom. The van der Waals surface area contributed by atoms with Gasteiger partial charge in [-0.05, 0) is 72.5 Å². The van der Waals surface area contributed by atoms with Crippen molar-refractivity contribution in [1.82, 2.24) is 9.97 Å². The van der Waals surface area contributed by atoms with Crippen molar-refractivity contribution in [3.63, 3.8) is 0 Å². The second kappa shape index (κ2) is 15.2. The first-order valence-corrected chi connectivity index (χ1v) is 18.2. The number of nitrogens with one attached hydrogen (secondary N) is 2. The van der Waals surface area contributed by atoms with E-state index in [4.69, 9.17) is 19.4 Å². The van der Waals surface area contributed by atoms with E-state index < -0.39 is 0 Å². The molecule has 2 N–H and O–H groups in total. The highest BCUT2D eigenvalue weighted by Gasteiger charge is 2.22. The van der Waals surface area contributed by atoms with Gasteiger partial charge in [0.1, 0.15) is 11.5 Å². The van der Waals surface area contributed by atoms with E-state index in [2.05, 4.69) is 10.6 Å². The van der Waals surface area contributed by atoms with Crippen LogP contribution in [0.15, 0.2) is 146 Å². The van der Waals surface area contributed by atoms with E-state index in [1.807, 2.05) is 159 Å². The maximum Gasteiger partial charge on any atom is 0.256 e. The lowest BCUT2D eigenvalue weighted by Crippen LogP contribution is -2.16. The Morgan fingerprint density at radius 2 is 0.839 bits per heavy atom. The van der Waals surface area contributed by atoms with Crippen LogP contribution in [0.4, 0.5) is 11.4 Å². The van der Waals surface area contributed by atoms with Gasteiger partial charge in [0.2, 0.25) is 0 Å². The van der Waals surface area contributed by atoms with E-state index in [-0.39, 0.29) is 11.8 Å². The number of anilines is 2. The topological polar surface area (TPSA) is 102 Å². The Balaban J connectivity index is 1.08. The number of hydrogen-bond acceptors (Lipinski definition) is 6. The molecule has 274 valence electrons. The van der Waals surface area contributed by atoms with Crippen molar-refractivity contribution < 1.29 is 19.1 Å². The van der Waals surface area contributed by atoms with Gasteiger partial charge in [-0.15, -0.1) is 0 Å². The summed E-state index contributed by atoms with van der Waals surface area (Å²) in [6.45, 7) is 3.86. The molecule has 8 nitrogen and oxygen atoms in total. The van der Waals surface area contributed by atoms with Crippen molar-refractivity contribution in [1.29, 1.82) is 0 Å². The highest BCUT2D eigenvalue weighted by Crippen LogP contribution is 2.37. The summed E-state index contributed by atoms with van der Waals surface area (Å²) >= 11 is 0. The molecule has 0 aliphatic carbocycles. The van der Waals surface area contributed by atoms with Crippen LogP contribution >= 0.6 is 0 Å². The number of fused-ring (bicyclic) bond motifs is 2. The monoisotopic (exact) mass is 734 g/mol. The van der Waals surface area contributed by atoms with Crippen molar-refractivity contribution >= 4 is 45.0 Å². The van der Waals surface area contributed by atoms with Gasteiger partial charge in [0, 0.05) is 21.9 Å². The van der Waals surface area contributed by atoms with E-state index in [1.165, 1.54) is 0 Å². The summed E-state index contributed by atoms with van der Waals surface area (Å²) in [7, 11) is 3.14. The van der Waals surface area contributed by atoms with Gasteiger partial charge in [-0.25, -0.2) is 9.97 Å². The van der Waals surface area contributed by atoms with Gasteiger partial charge in [0.25, 0.3) is 11.8 Å². The quantitative estimate of drug-likeness (QED) is 0.153. The summed E-state index contributed by atoms with van der Waals surface area (Å²) in [6, 6.07) is 46.3. The molecular weight excluding hydrogens is 697 g/mol. The van der Waals surface area contributed by atoms with Gasteiger partial charge in [-0.1, -0.05) is 109 Å². The Hall–Kier alpha value is -7.32. The zero-order chi connectivity index (χ0) is 38.8. The molecule has 0 bridgehead atoms. The van der Waals surface area contributed by atoms with E-state index >= 15 is 0 Å². The lowest BCUT2D eigenvalue weighted by atomic mass is 9.97. The number of methoxy groups -OCH3 is 2. The van der Waals surface area contributed by atoms with E-state index in [0.717, 1.165) is 66.6 Å². The number of hydrogen-bond donors (Lipinski definition) is 2. The molecule has 0 spiro atoms. The average Bonchev–Trinajstić information content (AvgIpc) is 3.24. The predicted molar refractivity (Wildman–Crippen MR) is 225 cm³/mol. The van der Waals surface area contributed by atoms with E-state index in [9.17, 15) is 9.59 Å². The molecule has 2 amide bonds. The first-order valence-electron chi connectivity index (χ1n) is 18.2. The number of para-hydroxylation sites is 2. The van der Waals surface area contributed by atoms with Gasteiger partial charge < -0.3 is 20.1 Å². The third kappa shape index (κ3) is 6.69. The maximum absolute atomic E-state index is 14.1. The number of amides is 2. The lowest BCUT2D eigenvalue weighted by molar-refractivity contribution is 0.101. The Morgan fingerprint density at radius 3 is 1.23 bits per heavy atom. The summed E-state index contributed by atoms with van der Waals surface area (Å²) in [4.78, 5) is 38.0. The van der Waals surface area contributed by atoms with Crippen molar-refractivity contribution in [2.24, 2.45) is 0 Å². The standard InChI is InChI=1S/C48H38N4O4/c1-29-43(35-19-11-13-21-37(35)49-45(29)31-15-7-5-8-16-31)47(53)51-39-25-23-33(27-41(39)55-3)34-24-26-40(42(28-34)56-4)52-48(54)44-30(2)46(32-17-9-6-10-18-32)50-38-22-14-12-20-36(38)44/h5-28H,1-4H3,(H,51,53)(H,52,54). The number of carbonyl (C=O) groups is 2. The van der Waals surface area contributed by atoms with E-state index in [1.54, 1.807) is 14.2 Å². The fourth-order valence-electron chi connectivity index (χ4n) is 7.27. The summed E-state index contributed by atoms with van der Waals surface area (Å²) in [5, 5.41) is 7.73. The van der Waals surface area contributed by atoms with Crippen molar-refractivity contribution in [3.05, 3.63) is 168 Å². The summed E-state index contributed by atoms with van der Waals surface area (Å²) < 4.78 is 11.6. The van der Waals surface area contributed by atoms with Gasteiger partial charge in [0.05, 0.1) is 59.1 Å². The minimum atomic E-state index is -0.265. The first kappa shape index (κ1) is 35.7. The van der Waals surface area contributed by atoms with Gasteiger partial charge >= 0.3 is 0 Å². The van der Waals surface area contributed by atoms with Crippen molar-refractivity contribution in [2.45, 2.75) is 13.8 Å². The molecule has 8 rings (SSSR count). The second-order valence-electron chi connectivity index (χ2n) is 13.4. The molecule has 0 saturated heterocycles. The molecule has 0 radical (unpaired) electrons. The van der Waals surface area contributed by atoms with Crippen LogP contribution in [0.1, 0.15) is 31.8 Å². The fourth-order valence-corrected chi connectivity index (χ4v) is 7.27. The number of ether oxygens (including phenoxy) is 2. The van der Waals surface area contributed by atoms with Crippen LogP contribution < -0.4 is 20.1 Å². The largest absolute Gasteiger partial charge is 0.495 e. The minimum absolute atomic E-state index is 0.265. The van der Waals surface area contributed by atoms with Crippen LogP contribution in [0.2, 0.25) is 0 Å². The predicted octanol–water partition coefficient (Wildman–Crippen LogP) is 10.9. The number of nitrogens with zero attached hydrogens (tertiary/aromatic N) is 2. The van der Waals surface area contributed by atoms with Crippen LogP contribution in [0.25, 0.3) is 55.4 Å². The molecule has 0 fully saturated rings. The Bertz CT molecular complexity index is 2590. The molecule has 2 heterocycles. The smallest absolute Gasteiger partial charge is 0.256 e. The van der Waals surface area contributed by atoms with Gasteiger partial charge in [-0.3, -0.25) is 9.59 Å². The molecule has 0 aliphatic rings. The number of carbonyl (C=O) groups excluding carboxylic acids is 2. The number of benzene rings is 6. The zero-order valence-electron chi connectivity index (χ0n) is 31.4. The highest BCUT2D eigenvalue weighted by molar-refractivity contribution is 6.16. The van der Waals surface area contributed by atoms with Crippen LogP contribution in [0.3, 0.4) is 0 Å². The summed E-state index contributed by atoms with van der Waals surface area (Å²) in [6.07, 6.45) is 0. The van der Waals surface area contributed by atoms with Crippen molar-refractivity contribution in [3.8, 4) is 45.1 Å². The lowest BCUT2D eigenvalue weighted by Gasteiger charge is -2.17. The molecule has 0 atom stereocenters. The average molecular weight is 735 g/mol. The highest BCUT2D eigenvalue weighted by atomic mass is 16.5. The normalized spacial score (nSPS) is 11.0.